The Morgan fingerprint density at radius 3 is 2.55 bits per heavy atom. The van der Waals surface area contributed by atoms with E-state index in [-0.39, 0.29) is 23.3 Å². The minimum Gasteiger partial charge on any atom is -0.377 e. The molecule has 1 amide bonds. The fraction of sp³-hybridized carbons (Fsp3) is 0.941. The highest BCUT2D eigenvalue weighted by atomic mass is 16.5. The Balaban J connectivity index is 1.75. The van der Waals surface area contributed by atoms with Crippen molar-refractivity contribution in [2.45, 2.75) is 57.2 Å². The highest BCUT2D eigenvalue weighted by Crippen LogP contribution is 2.58. The van der Waals surface area contributed by atoms with Gasteiger partial charge >= 0.3 is 0 Å². The van der Waals surface area contributed by atoms with E-state index in [0.717, 1.165) is 45.4 Å². The normalized spacial score (nSPS) is 39.0. The van der Waals surface area contributed by atoms with E-state index < -0.39 is 5.54 Å². The molecule has 5 heteroatoms. The van der Waals surface area contributed by atoms with Crippen LogP contribution < -0.4 is 5.73 Å². The van der Waals surface area contributed by atoms with Gasteiger partial charge in [-0.2, -0.15) is 0 Å². The van der Waals surface area contributed by atoms with Gasteiger partial charge in [-0.15, -0.1) is 0 Å². The number of likely N-dealkylation sites (N-methyl/N-ethyl adjacent to an activating group) is 1. The SMILES string of the molecule is CN1CCC(N(C)C(=O)C2(N)C3CCCOC3C2(C)C)CC1. The first-order chi connectivity index (χ1) is 10.3. The summed E-state index contributed by atoms with van der Waals surface area (Å²) in [6.45, 7) is 7.11. The average molecular weight is 309 g/mol. The van der Waals surface area contributed by atoms with Gasteiger partial charge < -0.3 is 20.3 Å². The van der Waals surface area contributed by atoms with Crippen LogP contribution in [0.1, 0.15) is 39.5 Å². The van der Waals surface area contributed by atoms with E-state index in [1.807, 2.05) is 11.9 Å². The van der Waals surface area contributed by atoms with Crippen LogP contribution in [-0.2, 0) is 9.53 Å². The molecule has 0 aromatic carbocycles. The number of fused-ring (bicyclic) bond motifs is 1. The van der Waals surface area contributed by atoms with Gasteiger partial charge in [0.1, 0.15) is 5.54 Å². The fourth-order valence-corrected chi connectivity index (χ4v) is 4.85. The molecule has 0 aromatic rings. The lowest BCUT2D eigenvalue weighted by Crippen LogP contribution is -2.82. The molecule has 2 heterocycles. The molecule has 22 heavy (non-hydrogen) atoms. The lowest BCUT2D eigenvalue weighted by Gasteiger charge is -2.66. The van der Waals surface area contributed by atoms with Crippen LogP contribution in [0.15, 0.2) is 0 Å². The molecular weight excluding hydrogens is 278 g/mol. The van der Waals surface area contributed by atoms with Crippen molar-refractivity contribution in [1.29, 1.82) is 0 Å². The van der Waals surface area contributed by atoms with Gasteiger partial charge in [-0.25, -0.2) is 0 Å². The third kappa shape index (κ3) is 2.13. The van der Waals surface area contributed by atoms with Crippen LogP contribution in [0.3, 0.4) is 0 Å². The minimum absolute atomic E-state index is 0.124. The zero-order valence-electron chi connectivity index (χ0n) is 14.5. The molecule has 126 valence electrons. The van der Waals surface area contributed by atoms with E-state index in [2.05, 4.69) is 25.8 Å². The molecule has 3 aliphatic rings. The number of ether oxygens (including phenoxy) is 1. The highest BCUT2D eigenvalue weighted by molar-refractivity contribution is 5.89. The van der Waals surface area contributed by atoms with E-state index in [0.29, 0.717) is 6.04 Å². The van der Waals surface area contributed by atoms with Crippen molar-refractivity contribution in [2.24, 2.45) is 17.1 Å². The van der Waals surface area contributed by atoms with Gasteiger partial charge in [0, 0.05) is 31.0 Å². The Bertz CT molecular complexity index is 445. The predicted molar refractivity (Wildman–Crippen MR) is 86.5 cm³/mol. The molecule has 1 aliphatic carbocycles. The first-order valence-electron chi connectivity index (χ1n) is 8.66. The second-order valence-corrected chi connectivity index (χ2v) is 8.08. The Hall–Kier alpha value is -0.650. The Morgan fingerprint density at radius 1 is 1.27 bits per heavy atom. The third-order valence-electron chi connectivity index (χ3n) is 6.59. The van der Waals surface area contributed by atoms with E-state index in [9.17, 15) is 4.79 Å². The lowest BCUT2D eigenvalue weighted by atomic mass is 9.46. The lowest BCUT2D eigenvalue weighted by molar-refractivity contribution is -0.230. The fourth-order valence-electron chi connectivity index (χ4n) is 4.85. The van der Waals surface area contributed by atoms with Crippen molar-refractivity contribution >= 4 is 5.91 Å². The molecule has 2 N–H and O–H groups in total. The van der Waals surface area contributed by atoms with Crippen LogP contribution in [0.2, 0.25) is 0 Å². The number of carbonyl (C=O) groups is 1. The number of amides is 1. The summed E-state index contributed by atoms with van der Waals surface area (Å²) in [5, 5.41) is 0. The summed E-state index contributed by atoms with van der Waals surface area (Å²) >= 11 is 0. The van der Waals surface area contributed by atoms with Crippen molar-refractivity contribution in [3.8, 4) is 0 Å². The molecule has 3 unspecified atom stereocenters. The summed E-state index contributed by atoms with van der Waals surface area (Å²) in [5.41, 5.74) is 5.68. The van der Waals surface area contributed by atoms with Crippen LogP contribution in [-0.4, -0.2) is 67.2 Å². The highest BCUT2D eigenvalue weighted by Gasteiger charge is 2.70. The van der Waals surface area contributed by atoms with E-state index in [1.54, 1.807) is 0 Å². The molecule has 0 bridgehead atoms. The molecule has 3 rings (SSSR count). The average Bonchev–Trinajstić information content (AvgIpc) is 2.53. The van der Waals surface area contributed by atoms with Crippen LogP contribution in [0.4, 0.5) is 0 Å². The van der Waals surface area contributed by atoms with Gasteiger partial charge in [0.25, 0.3) is 0 Å². The van der Waals surface area contributed by atoms with Gasteiger partial charge in [-0.1, -0.05) is 13.8 Å². The molecular formula is C17H31N3O2. The molecule has 0 aromatic heterocycles. The quantitative estimate of drug-likeness (QED) is 0.829. The number of piperidine rings is 1. The number of nitrogens with two attached hydrogens (primary N) is 1. The van der Waals surface area contributed by atoms with Gasteiger partial charge in [-0.3, -0.25) is 4.79 Å². The molecule has 2 aliphatic heterocycles. The number of hydrogen-bond donors (Lipinski definition) is 1. The first kappa shape index (κ1) is 16.2. The number of rotatable bonds is 2. The summed E-state index contributed by atoms with van der Waals surface area (Å²) in [5.74, 6) is 0.302. The van der Waals surface area contributed by atoms with Gasteiger partial charge in [0.15, 0.2) is 0 Å². The number of carbonyl (C=O) groups excluding carboxylic acids is 1. The minimum atomic E-state index is -0.768. The van der Waals surface area contributed by atoms with Crippen molar-refractivity contribution in [2.75, 3.05) is 33.8 Å². The monoisotopic (exact) mass is 309 g/mol. The molecule has 0 radical (unpaired) electrons. The molecule has 5 nitrogen and oxygen atoms in total. The Morgan fingerprint density at radius 2 is 1.91 bits per heavy atom. The topological polar surface area (TPSA) is 58.8 Å². The molecule has 3 fully saturated rings. The molecule has 3 atom stereocenters. The van der Waals surface area contributed by atoms with Crippen LogP contribution in [0.25, 0.3) is 0 Å². The maximum atomic E-state index is 13.2. The molecule has 0 spiro atoms. The summed E-state index contributed by atoms with van der Waals surface area (Å²) in [7, 11) is 4.08. The van der Waals surface area contributed by atoms with Crippen molar-refractivity contribution in [3.63, 3.8) is 0 Å². The van der Waals surface area contributed by atoms with E-state index >= 15 is 0 Å². The van der Waals surface area contributed by atoms with Crippen molar-refractivity contribution < 1.29 is 9.53 Å². The molecule has 2 saturated heterocycles. The maximum absolute atomic E-state index is 13.2. The smallest absolute Gasteiger partial charge is 0.243 e. The van der Waals surface area contributed by atoms with Crippen LogP contribution in [0, 0.1) is 11.3 Å². The second-order valence-electron chi connectivity index (χ2n) is 8.08. The first-order valence-corrected chi connectivity index (χ1v) is 8.66. The summed E-state index contributed by atoms with van der Waals surface area (Å²) in [6, 6.07) is 0.323. The van der Waals surface area contributed by atoms with Gasteiger partial charge in [-0.05, 0) is 45.8 Å². The second kappa shape index (κ2) is 5.46. The largest absolute Gasteiger partial charge is 0.377 e. The summed E-state index contributed by atoms with van der Waals surface area (Å²) in [4.78, 5) is 17.5. The summed E-state index contributed by atoms with van der Waals surface area (Å²) < 4.78 is 5.92. The van der Waals surface area contributed by atoms with Crippen molar-refractivity contribution in [1.82, 2.24) is 9.80 Å². The van der Waals surface area contributed by atoms with Gasteiger partial charge in [0.05, 0.1) is 6.10 Å². The van der Waals surface area contributed by atoms with E-state index in [1.165, 1.54) is 0 Å². The van der Waals surface area contributed by atoms with Crippen LogP contribution in [0.5, 0.6) is 0 Å². The Labute approximate surface area is 134 Å². The number of hydrogen-bond acceptors (Lipinski definition) is 4. The number of likely N-dealkylation sites (tertiary alicyclic amines) is 1. The number of nitrogens with zero attached hydrogens (tertiary/aromatic N) is 2. The standard InChI is InChI=1S/C17H31N3O2/c1-16(2)14-13(6-5-11-22-14)17(16,18)15(21)20(4)12-7-9-19(3)10-8-12/h12-14H,5-11,18H2,1-4H3. The Kier molecular flexibility index (Phi) is 4.03. The van der Waals surface area contributed by atoms with E-state index in [4.69, 9.17) is 10.5 Å². The van der Waals surface area contributed by atoms with Crippen LogP contribution >= 0.6 is 0 Å². The van der Waals surface area contributed by atoms with Crippen molar-refractivity contribution in [3.05, 3.63) is 0 Å². The molecule has 1 saturated carbocycles. The van der Waals surface area contributed by atoms with Gasteiger partial charge in [0.2, 0.25) is 5.91 Å². The third-order valence-corrected chi connectivity index (χ3v) is 6.59. The zero-order chi connectivity index (χ0) is 16.1. The summed E-state index contributed by atoms with van der Waals surface area (Å²) in [6.07, 6.45) is 4.25. The maximum Gasteiger partial charge on any atom is 0.243 e. The predicted octanol–water partition coefficient (Wildman–Crippen LogP) is 1.07. The zero-order valence-corrected chi connectivity index (χ0v) is 14.5.